The van der Waals surface area contributed by atoms with Crippen LogP contribution in [0.25, 0.3) is 22.5 Å². The summed E-state index contributed by atoms with van der Waals surface area (Å²) in [6.07, 6.45) is 1.56. The molecule has 0 aliphatic rings. The SMILES string of the molecule is Cn1c(NCc2ccccc2)nc(-c2cc(N)ccn2)c(-c2ccc(F)cc2)c1=O. The number of nitrogens with one attached hydrogen (secondary N) is 1. The summed E-state index contributed by atoms with van der Waals surface area (Å²) in [6, 6.07) is 18.9. The molecule has 0 bridgehead atoms. The molecule has 150 valence electrons. The third kappa shape index (κ3) is 3.91. The molecular formula is C23H20FN5O. The summed E-state index contributed by atoms with van der Waals surface area (Å²) >= 11 is 0. The maximum absolute atomic E-state index is 13.4. The van der Waals surface area contributed by atoms with Gasteiger partial charge in [0.25, 0.3) is 5.56 Å². The number of halogens is 1. The van der Waals surface area contributed by atoms with E-state index in [2.05, 4.69) is 10.3 Å². The minimum atomic E-state index is -0.381. The van der Waals surface area contributed by atoms with Crippen molar-refractivity contribution in [2.24, 2.45) is 7.05 Å². The van der Waals surface area contributed by atoms with Gasteiger partial charge in [-0.25, -0.2) is 9.37 Å². The predicted molar refractivity (Wildman–Crippen MR) is 116 cm³/mol. The Bertz CT molecular complexity index is 1240. The van der Waals surface area contributed by atoms with Crippen molar-refractivity contribution in [2.75, 3.05) is 11.1 Å². The van der Waals surface area contributed by atoms with Crippen LogP contribution in [0.2, 0.25) is 0 Å². The first-order chi connectivity index (χ1) is 14.5. The van der Waals surface area contributed by atoms with Gasteiger partial charge in [0, 0.05) is 25.5 Å². The van der Waals surface area contributed by atoms with Crippen molar-refractivity contribution in [3.05, 3.63) is 94.7 Å². The number of nitrogen functional groups attached to an aromatic ring is 1. The third-order valence-corrected chi connectivity index (χ3v) is 4.74. The largest absolute Gasteiger partial charge is 0.399 e. The zero-order valence-corrected chi connectivity index (χ0v) is 16.3. The Hall–Kier alpha value is -4.00. The Morgan fingerprint density at radius 1 is 1.07 bits per heavy atom. The average Bonchev–Trinajstić information content (AvgIpc) is 2.76. The highest BCUT2D eigenvalue weighted by Gasteiger charge is 2.19. The number of nitrogens with two attached hydrogens (primary N) is 1. The molecule has 3 N–H and O–H groups in total. The second-order valence-electron chi connectivity index (χ2n) is 6.84. The molecule has 2 aromatic heterocycles. The van der Waals surface area contributed by atoms with Gasteiger partial charge >= 0.3 is 0 Å². The van der Waals surface area contributed by atoms with Crippen molar-refractivity contribution in [3.8, 4) is 22.5 Å². The number of nitrogens with zero attached hydrogens (tertiary/aromatic N) is 3. The van der Waals surface area contributed by atoms with Crippen molar-refractivity contribution in [2.45, 2.75) is 6.54 Å². The van der Waals surface area contributed by atoms with Crippen LogP contribution in [0, 0.1) is 5.82 Å². The van der Waals surface area contributed by atoms with Crippen LogP contribution in [0.3, 0.4) is 0 Å². The third-order valence-electron chi connectivity index (χ3n) is 4.74. The van der Waals surface area contributed by atoms with Crippen molar-refractivity contribution >= 4 is 11.6 Å². The molecule has 0 radical (unpaired) electrons. The van der Waals surface area contributed by atoms with Crippen LogP contribution in [0.4, 0.5) is 16.0 Å². The van der Waals surface area contributed by atoms with Crippen LogP contribution in [0.15, 0.2) is 77.7 Å². The molecule has 0 unspecified atom stereocenters. The van der Waals surface area contributed by atoms with E-state index in [1.807, 2.05) is 30.3 Å². The first-order valence-corrected chi connectivity index (χ1v) is 9.39. The lowest BCUT2D eigenvalue weighted by atomic mass is 10.0. The van der Waals surface area contributed by atoms with Gasteiger partial charge < -0.3 is 11.1 Å². The van der Waals surface area contributed by atoms with Crippen LogP contribution < -0.4 is 16.6 Å². The average molecular weight is 401 g/mol. The van der Waals surface area contributed by atoms with Crippen LogP contribution in [-0.2, 0) is 13.6 Å². The quantitative estimate of drug-likeness (QED) is 0.531. The summed E-state index contributed by atoms with van der Waals surface area (Å²) in [5, 5.41) is 3.22. The van der Waals surface area contributed by atoms with E-state index in [1.54, 1.807) is 37.5 Å². The van der Waals surface area contributed by atoms with E-state index >= 15 is 0 Å². The Balaban J connectivity index is 1.86. The molecule has 0 fully saturated rings. The summed E-state index contributed by atoms with van der Waals surface area (Å²) in [4.78, 5) is 22.3. The fourth-order valence-electron chi connectivity index (χ4n) is 3.18. The van der Waals surface area contributed by atoms with Gasteiger partial charge in [0.15, 0.2) is 0 Å². The molecule has 0 aliphatic carbocycles. The second-order valence-corrected chi connectivity index (χ2v) is 6.84. The van der Waals surface area contributed by atoms with E-state index in [0.717, 1.165) is 5.56 Å². The number of anilines is 2. The highest BCUT2D eigenvalue weighted by atomic mass is 19.1. The Labute approximate surface area is 172 Å². The molecule has 2 aromatic carbocycles. The van der Waals surface area contributed by atoms with E-state index in [1.165, 1.54) is 16.7 Å². The minimum Gasteiger partial charge on any atom is -0.399 e. The van der Waals surface area contributed by atoms with E-state index in [4.69, 9.17) is 10.7 Å². The highest BCUT2D eigenvalue weighted by Crippen LogP contribution is 2.28. The van der Waals surface area contributed by atoms with Crippen molar-refractivity contribution in [1.82, 2.24) is 14.5 Å². The molecule has 4 rings (SSSR count). The number of hydrogen-bond donors (Lipinski definition) is 2. The maximum Gasteiger partial charge on any atom is 0.263 e. The van der Waals surface area contributed by atoms with Crippen LogP contribution in [-0.4, -0.2) is 14.5 Å². The monoisotopic (exact) mass is 401 g/mol. The lowest BCUT2D eigenvalue weighted by Gasteiger charge is -2.16. The molecular weight excluding hydrogens is 381 g/mol. The zero-order chi connectivity index (χ0) is 21.1. The van der Waals surface area contributed by atoms with Gasteiger partial charge in [-0.05, 0) is 35.4 Å². The van der Waals surface area contributed by atoms with Gasteiger partial charge in [0.1, 0.15) is 11.5 Å². The van der Waals surface area contributed by atoms with Crippen molar-refractivity contribution in [1.29, 1.82) is 0 Å². The normalized spacial score (nSPS) is 10.7. The van der Waals surface area contributed by atoms with E-state index in [0.29, 0.717) is 40.7 Å². The van der Waals surface area contributed by atoms with Gasteiger partial charge in [-0.2, -0.15) is 0 Å². The summed E-state index contributed by atoms with van der Waals surface area (Å²) in [6.45, 7) is 0.501. The number of benzene rings is 2. The molecule has 0 saturated heterocycles. The topological polar surface area (TPSA) is 85.8 Å². The first-order valence-electron chi connectivity index (χ1n) is 9.39. The maximum atomic E-state index is 13.4. The van der Waals surface area contributed by atoms with E-state index < -0.39 is 0 Å². The molecule has 0 aliphatic heterocycles. The number of pyridine rings is 1. The van der Waals surface area contributed by atoms with Gasteiger partial charge in [0.05, 0.1) is 11.3 Å². The standard InChI is InChI=1S/C23H20FN5O/c1-29-22(30)20(16-7-9-17(24)10-8-16)21(19-13-18(25)11-12-26-19)28-23(29)27-14-15-5-3-2-4-6-15/h2-13H,14H2,1H3,(H2,25,26)(H,27,28). The highest BCUT2D eigenvalue weighted by molar-refractivity contribution is 5.80. The summed E-state index contributed by atoms with van der Waals surface area (Å²) in [7, 11) is 1.65. The van der Waals surface area contributed by atoms with Crippen LogP contribution >= 0.6 is 0 Å². The van der Waals surface area contributed by atoms with Gasteiger partial charge in [-0.15, -0.1) is 0 Å². The molecule has 0 saturated carbocycles. The Morgan fingerprint density at radius 2 is 1.80 bits per heavy atom. The molecule has 4 aromatic rings. The predicted octanol–water partition coefficient (Wildman–Crippen LogP) is 3.84. The fraction of sp³-hybridized carbons (Fsp3) is 0.0870. The van der Waals surface area contributed by atoms with Gasteiger partial charge in [0.2, 0.25) is 5.95 Å². The molecule has 0 spiro atoms. The van der Waals surface area contributed by atoms with Crippen molar-refractivity contribution < 1.29 is 4.39 Å². The lowest BCUT2D eigenvalue weighted by Crippen LogP contribution is -2.25. The smallest absolute Gasteiger partial charge is 0.263 e. The first kappa shape index (κ1) is 19.3. The summed E-state index contributed by atoms with van der Waals surface area (Å²) in [5.41, 5.74) is 8.95. The summed E-state index contributed by atoms with van der Waals surface area (Å²) < 4.78 is 14.9. The number of rotatable bonds is 5. The van der Waals surface area contributed by atoms with E-state index in [9.17, 15) is 9.18 Å². The van der Waals surface area contributed by atoms with Crippen LogP contribution in [0.1, 0.15) is 5.56 Å². The van der Waals surface area contributed by atoms with Crippen molar-refractivity contribution in [3.63, 3.8) is 0 Å². The molecule has 6 nitrogen and oxygen atoms in total. The Morgan fingerprint density at radius 3 is 2.50 bits per heavy atom. The Kier molecular flexibility index (Phi) is 5.26. The molecule has 30 heavy (non-hydrogen) atoms. The fourth-order valence-corrected chi connectivity index (χ4v) is 3.18. The molecule has 7 heteroatoms. The zero-order valence-electron chi connectivity index (χ0n) is 16.3. The van der Waals surface area contributed by atoms with E-state index in [-0.39, 0.29) is 11.4 Å². The van der Waals surface area contributed by atoms with Gasteiger partial charge in [-0.1, -0.05) is 42.5 Å². The van der Waals surface area contributed by atoms with Crippen LogP contribution in [0.5, 0.6) is 0 Å². The van der Waals surface area contributed by atoms with Gasteiger partial charge in [-0.3, -0.25) is 14.3 Å². The minimum absolute atomic E-state index is 0.272. The lowest BCUT2D eigenvalue weighted by molar-refractivity contribution is 0.628. The summed E-state index contributed by atoms with van der Waals surface area (Å²) in [5.74, 6) is 0.0160. The molecule has 2 heterocycles. The number of hydrogen-bond acceptors (Lipinski definition) is 5. The molecule has 0 atom stereocenters. The molecule has 0 amide bonds. The second kappa shape index (κ2) is 8.16. The number of aromatic nitrogens is 3.